The molecular formula is C29H30ClN3O5S2. The van der Waals surface area contributed by atoms with Gasteiger partial charge >= 0.3 is 5.97 Å². The number of nitrogens with zero attached hydrogens (tertiary/aromatic N) is 1. The van der Waals surface area contributed by atoms with Crippen molar-refractivity contribution in [3.63, 3.8) is 0 Å². The SMILES string of the molecule is CCOC(=O)c1c(NC(=O)C(CC)Sc2cccc(NC(=O)c3cccc(Cl)c3)c2)sc2c1CCN(C(C)=O)C2. The van der Waals surface area contributed by atoms with Crippen molar-refractivity contribution in [2.24, 2.45) is 0 Å². The first kappa shape index (κ1) is 29.6. The van der Waals surface area contributed by atoms with Crippen molar-refractivity contribution < 1.29 is 23.9 Å². The van der Waals surface area contributed by atoms with E-state index >= 15 is 0 Å². The number of carbonyl (C=O) groups is 4. The fourth-order valence-corrected chi connectivity index (χ4v) is 6.80. The van der Waals surface area contributed by atoms with Crippen LogP contribution >= 0.6 is 34.7 Å². The van der Waals surface area contributed by atoms with Gasteiger partial charge in [-0.25, -0.2) is 4.79 Å². The van der Waals surface area contributed by atoms with Crippen LogP contribution in [0.4, 0.5) is 10.7 Å². The van der Waals surface area contributed by atoms with Gasteiger partial charge in [0.05, 0.1) is 24.0 Å². The Morgan fingerprint density at radius 3 is 2.58 bits per heavy atom. The Kier molecular flexibility index (Phi) is 9.89. The standard InChI is InChI=1S/C29H30ClN3O5S2/c1-4-23(39-21-11-7-10-20(15-21)31-26(35)18-8-6-9-19(30)14-18)27(36)32-28-25(29(37)38-5-2)22-12-13-33(17(3)34)16-24(22)40-28/h6-11,14-15,23H,4-5,12-13,16H2,1-3H3,(H,31,35)(H,32,36). The number of halogens is 1. The third kappa shape index (κ3) is 7.04. The summed E-state index contributed by atoms with van der Waals surface area (Å²) in [7, 11) is 0. The summed E-state index contributed by atoms with van der Waals surface area (Å²) in [5.74, 6) is -1.04. The van der Waals surface area contributed by atoms with Crippen molar-refractivity contribution in [3.05, 3.63) is 75.1 Å². The maximum atomic E-state index is 13.4. The van der Waals surface area contributed by atoms with Crippen LogP contribution in [0.15, 0.2) is 53.4 Å². The fourth-order valence-electron chi connectivity index (χ4n) is 4.34. The van der Waals surface area contributed by atoms with E-state index in [0.29, 0.717) is 52.8 Å². The summed E-state index contributed by atoms with van der Waals surface area (Å²) in [5.41, 5.74) is 2.25. The molecule has 1 aliphatic heterocycles. The topological polar surface area (TPSA) is 105 Å². The maximum Gasteiger partial charge on any atom is 0.341 e. The number of hydrogen-bond donors (Lipinski definition) is 2. The summed E-state index contributed by atoms with van der Waals surface area (Å²) in [6.07, 6.45) is 1.06. The van der Waals surface area contributed by atoms with Crippen LogP contribution in [-0.2, 0) is 27.3 Å². The van der Waals surface area contributed by atoms with E-state index in [9.17, 15) is 19.2 Å². The highest BCUT2D eigenvalue weighted by atomic mass is 35.5. The Bertz CT molecular complexity index is 1440. The van der Waals surface area contributed by atoms with Gasteiger partial charge in [-0.15, -0.1) is 23.1 Å². The predicted octanol–water partition coefficient (Wildman–Crippen LogP) is 6.24. The Morgan fingerprint density at radius 1 is 1.10 bits per heavy atom. The van der Waals surface area contributed by atoms with Gasteiger partial charge in [0.1, 0.15) is 5.00 Å². The molecule has 1 atom stereocenters. The van der Waals surface area contributed by atoms with E-state index in [2.05, 4.69) is 10.6 Å². The van der Waals surface area contributed by atoms with Crippen molar-refractivity contribution in [1.82, 2.24) is 4.90 Å². The third-order valence-corrected chi connectivity index (χ3v) is 9.06. The molecule has 0 aliphatic carbocycles. The minimum atomic E-state index is -0.476. The van der Waals surface area contributed by atoms with Gasteiger partial charge in [-0.05, 0) is 61.7 Å². The number of ether oxygens (including phenoxy) is 1. The summed E-state index contributed by atoms with van der Waals surface area (Å²) < 4.78 is 5.30. The Balaban J connectivity index is 1.50. The average molecular weight is 600 g/mol. The highest BCUT2D eigenvalue weighted by Gasteiger charge is 2.31. The first-order valence-corrected chi connectivity index (χ1v) is 15.0. The number of fused-ring (bicyclic) bond motifs is 1. The molecule has 2 N–H and O–H groups in total. The molecule has 0 spiro atoms. The molecule has 8 nitrogen and oxygen atoms in total. The van der Waals surface area contributed by atoms with E-state index in [1.54, 1.807) is 42.2 Å². The van der Waals surface area contributed by atoms with Crippen LogP contribution in [0, 0.1) is 0 Å². The molecule has 0 saturated heterocycles. The van der Waals surface area contributed by atoms with E-state index < -0.39 is 11.2 Å². The number of thiophene rings is 1. The van der Waals surface area contributed by atoms with Gasteiger partial charge in [0.25, 0.3) is 5.91 Å². The minimum absolute atomic E-state index is 0.0317. The van der Waals surface area contributed by atoms with Crippen molar-refractivity contribution in [1.29, 1.82) is 0 Å². The number of esters is 1. The molecule has 1 aliphatic rings. The molecule has 40 heavy (non-hydrogen) atoms. The lowest BCUT2D eigenvalue weighted by atomic mass is 10.0. The Labute approximate surface area is 246 Å². The van der Waals surface area contributed by atoms with E-state index in [1.165, 1.54) is 30.0 Å². The number of rotatable bonds is 9. The molecule has 2 heterocycles. The molecule has 0 saturated carbocycles. The Morgan fingerprint density at radius 2 is 1.88 bits per heavy atom. The van der Waals surface area contributed by atoms with Crippen LogP contribution in [0.1, 0.15) is 58.3 Å². The van der Waals surface area contributed by atoms with Crippen LogP contribution in [0.3, 0.4) is 0 Å². The van der Waals surface area contributed by atoms with Gasteiger partial charge in [-0.3, -0.25) is 14.4 Å². The zero-order chi connectivity index (χ0) is 28.8. The van der Waals surface area contributed by atoms with Gasteiger partial charge in [0.2, 0.25) is 11.8 Å². The van der Waals surface area contributed by atoms with Gasteiger partial charge in [-0.2, -0.15) is 0 Å². The number of nitrogens with one attached hydrogen (secondary N) is 2. The molecule has 3 aromatic rings. The summed E-state index contributed by atoms with van der Waals surface area (Å²) in [5, 5.41) is 6.30. The normalized spacial score (nSPS) is 13.2. The second-order valence-corrected chi connectivity index (χ2v) is 11.9. The van der Waals surface area contributed by atoms with Crippen LogP contribution in [0.25, 0.3) is 0 Å². The highest BCUT2D eigenvalue weighted by molar-refractivity contribution is 8.00. The molecule has 0 fully saturated rings. The van der Waals surface area contributed by atoms with Crippen molar-refractivity contribution in [2.75, 3.05) is 23.8 Å². The largest absolute Gasteiger partial charge is 0.462 e. The lowest BCUT2D eigenvalue weighted by Crippen LogP contribution is -2.34. The molecule has 4 rings (SSSR count). The lowest BCUT2D eigenvalue weighted by Gasteiger charge is -2.25. The molecule has 1 unspecified atom stereocenters. The summed E-state index contributed by atoms with van der Waals surface area (Å²) in [6, 6.07) is 14.0. The average Bonchev–Trinajstić information content (AvgIpc) is 3.29. The fraction of sp³-hybridized carbons (Fsp3) is 0.310. The number of benzene rings is 2. The number of carbonyl (C=O) groups excluding carboxylic acids is 4. The quantitative estimate of drug-likeness (QED) is 0.223. The lowest BCUT2D eigenvalue weighted by molar-refractivity contribution is -0.129. The van der Waals surface area contributed by atoms with Gasteiger partial charge < -0.3 is 20.3 Å². The molecule has 3 amide bonds. The van der Waals surface area contributed by atoms with E-state index in [0.717, 1.165) is 15.3 Å². The third-order valence-electron chi connectivity index (χ3n) is 6.34. The molecule has 11 heteroatoms. The number of thioether (sulfide) groups is 1. The van der Waals surface area contributed by atoms with Gasteiger partial charge in [0.15, 0.2) is 0 Å². The summed E-state index contributed by atoms with van der Waals surface area (Å²) in [4.78, 5) is 54.3. The molecule has 0 bridgehead atoms. The Hall–Kier alpha value is -3.34. The highest BCUT2D eigenvalue weighted by Crippen LogP contribution is 2.38. The zero-order valence-electron chi connectivity index (χ0n) is 22.4. The molecule has 2 aromatic carbocycles. The second kappa shape index (κ2) is 13.3. The minimum Gasteiger partial charge on any atom is -0.462 e. The van der Waals surface area contributed by atoms with E-state index in [-0.39, 0.29) is 24.3 Å². The zero-order valence-corrected chi connectivity index (χ0v) is 24.8. The van der Waals surface area contributed by atoms with E-state index in [1.807, 2.05) is 25.1 Å². The smallest absolute Gasteiger partial charge is 0.341 e. The first-order chi connectivity index (χ1) is 19.2. The molecule has 0 radical (unpaired) electrons. The maximum absolute atomic E-state index is 13.4. The number of anilines is 2. The van der Waals surface area contributed by atoms with Crippen molar-refractivity contribution >= 4 is 69.1 Å². The first-order valence-electron chi connectivity index (χ1n) is 12.9. The molecular weight excluding hydrogens is 570 g/mol. The van der Waals surface area contributed by atoms with Crippen molar-refractivity contribution in [3.8, 4) is 0 Å². The summed E-state index contributed by atoms with van der Waals surface area (Å²) in [6.45, 7) is 6.30. The summed E-state index contributed by atoms with van der Waals surface area (Å²) >= 11 is 8.69. The van der Waals surface area contributed by atoms with E-state index in [4.69, 9.17) is 16.3 Å². The van der Waals surface area contributed by atoms with Crippen LogP contribution in [0.5, 0.6) is 0 Å². The predicted molar refractivity (Wildman–Crippen MR) is 159 cm³/mol. The number of hydrogen-bond acceptors (Lipinski definition) is 7. The molecule has 1 aromatic heterocycles. The molecule has 210 valence electrons. The van der Waals surface area contributed by atoms with Crippen LogP contribution in [-0.4, -0.2) is 47.0 Å². The number of amides is 3. The van der Waals surface area contributed by atoms with Gasteiger partial charge in [0, 0.05) is 39.5 Å². The van der Waals surface area contributed by atoms with Crippen LogP contribution in [0.2, 0.25) is 5.02 Å². The monoisotopic (exact) mass is 599 g/mol. The van der Waals surface area contributed by atoms with Crippen LogP contribution < -0.4 is 10.6 Å². The second-order valence-electron chi connectivity index (χ2n) is 9.12. The van der Waals surface area contributed by atoms with Gasteiger partial charge in [-0.1, -0.05) is 30.7 Å². The van der Waals surface area contributed by atoms with Crippen molar-refractivity contribution in [2.45, 2.75) is 50.3 Å².